The molecule has 1 aliphatic carbocycles. The van der Waals surface area contributed by atoms with Gasteiger partial charge in [-0.3, -0.25) is 18.9 Å². The molecule has 0 saturated heterocycles. The topological polar surface area (TPSA) is 148 Å². The molecule has 1 aromatic heterocycles. The van der Waals surface area contributed by atoms with Crippen molar-refractivity contribution in [1.29, 1.82) is 0 Å². The number of H-pyrrole nitrogens is 1. The second-order valence-corrected chi connectivity index (χ2v) is 6.95. The van der Waals surface area contributed by atoms with Gasteiger partial charge in [0, 0.05) is 18.2 Å². The van der Waals surface area contributed by atoms with E-state index < -0.39 is 42.8 Å². The first kappa shape index (κ1) is 18.3. The Labute approximate surface area is 135 Å². The average molecular weight is 360 g/mol. The SMILES string of the molecule is COC(=O)C(O[C@@H]1C=C[C@H](n2cc(C)c(=O)[nH]c2=O)C1)P(=O)(O)O. The fourth-order valence-electron chi connectivity index (χ4n) is 2.33. The Hall–Kier alpha value is -2.00. The average Bonchev–Trinajstić information content (AvgIpc) is 2.95. The van der Waals surface area contributed by atoms with Crippen molar-refractivity contribution in [2.75, 3.05) is 7.11 Å². The van der Waals surface area contributed by atoms with Gasteiger partial charge in [0.05, 0.1) is 19.3 Å². The van der Waals surface area contributed by atoms with Crippen LogP contribution in [0.2, 0.25) is 0 Å². The lowest BCUT2D eigenvalue weighted by atomic mass is 10.2. The summed E-state index contributed by atoms with van der Waals surface area (Å²) in [4.78, 5) is 55.3. The molecule has 0 spiro atoms. The lowest BCUT2D eigenvalue weighted by Crippen LogP contribution is -2.33. The molecule has 3 atom stereocenters. The van der Waals surface area contributed by atoms with Gasteiger partial charge in [-0.1, -0.05) is 12.2 Å². The molecular weight excluding hydrogens is 343 g/mol. The van der Waals surface area contributed by atoms with Crippen LogP contribution < -0.4 is 11.2 Å². The standard InChI is InChI=1S/C13H17N2O8P/c1-7-6-15(13(18)14-10(7)16)8-3-4-9(5-8)23-12(11(17)22-2)24(19,20)21/h3-4,6,8-9,12H,5H2,1-2H3,(H,14,16,18)(H2,19,20,21)/t8-,9+,12?/m0/s1. The molecule has 0 amide bonds. The van der Waals surface area contributed by atoms with Gasteiger partial charge in [0.1, 0.15) is 0 Å². The number of hydrogen-bond acceptors (Lipinski definition) is 6. The summed E-state index contributed by atoms with van der Waals surface area (Å²) >= 11 is 0. The van der Waals surface area contributed by atoms with Gasteiger partial charge in [0.15, 0.2) is 0 Å². The Kier molecular flexibility index (Phi) is 5.24. The Morgan fingerprint density at radius 2 is 2.08 bits per heavy atom. The van der Waals surface area contributed by atoms with Crippen LogP contribution >= 0.6 is 7.60 Å². The van der Waals surface area contributed by atoms with Crippen molar-refractivity contribution < 1.29 is 28.6 Å². The number of carbonyl (C=O) groups is 1. The molecule has 10 nitrogen and oxygen atoms in total. The molecule has 11 heteroatoms. The Bertz CT molecular complexity index is 820. The molecule has 3 N–H and O–H groups in total. The number of esters is 1. The van der Waals surface area contributed by atoms with Crippen LogP contribution in [0.3, 0.4) is 0 Å². The Morgan fingerprint density at radius 1 is 1.42 bits per heavy atom. The smallest absolute Gasteiger partial charge is 0.365 e. The first-order chi connectivity index (χ1) is 11.1. The second-order valence-electron chi connectivity index (χ2n) is 5.31. The number of aromatic amines is 1. The zero-order valence-electron chi connectivity index (χ0n) is 12.9. The maximum Gasteiger partial charge on any atom is 0.365 e. The van der Waals surface area contributed by atoms with Gasteiger partial charge in [0.2, 0.25) is 0 Å². The van der Waals surface area contributed by atoms with Gasteiger partial charge in [-0.05, 0) is 6.92 Å². The van der Waals surface area contributed by atoms with E-state index in [4.69, 9.17) is 4.74 Å². The number of carbonyl (C=O) groups excluding carboxylic acids is 1. The van der Waals surface area contributed by atoms with Crippen LogP contribution in [0.15, 0.2) is 27.9 Å². The largest absolute Gasteiger partial charge is 0.467 e. The molecule has 0 radical (unpaired) electrons. The third kappa shape index (κ3) is 3.90. The lowest BCUT2D eigenvalue weighted by Gasteiger charge is -2.21. The highest BCUT2D eigenvalue weighted by Crippen LogP contribution is 2.44. The van der Waals surface area contributed by atoms with E-state index in [0.29, 0.717) is 5.56 Å². The van der Waals surface area contributed by atoms with E-state index in [-0.39, 0.29) is 6.42 Å². The zero-order valence-corrected chi connectivity index (χ0v) is 13.8. The minimum absolute atomic E-state index is 0.166. The Balaban J connectivity index is 2.17. The molecule has 1 aromatic rings. The van der Waals surface area contributed by atoms with E-state index in [9.17, 15) is 28.7 Å². The molecule has 0 bridgehead atoms. The maximum atomic E-state index is 11.9. The van der Waals surface area contributed by atoms with Crippen molar-refractivity contribution in [2.45, 2.75) is 31.3 Å². The summed E-state index contributed by atoms with van der Waals surface area (Å²) in [5, 5.41) is 0. The Morgan fingerprint density at radius 3 is 2.67 bits per heavy atom. The van der Waals surface area contributed by atoms with Crippen molar-refractivity contribution in [2.24, 2.45) is 0 Å². The van der Waals surface area contributed by atoms with E-state index >= 15 is 0 Å². The fraction of sp³-hybridized carbons (Fsp3) is 0.462. The van der Waals surface area contributed by atoms with Crippen molar-refractivity contribution in [3.63, 3.8) is 0 Å². The van der Waals surface area contributed by atoms with Gasteiger partial charge in [-0.25, -0.2) is 9.59 Å². The number of nitrogens with zero attached hydrogens (tertiary/aromatic N) is 1. The van der Waals surface area contributed by atoms with Gasteiger partial charge in [-0.2, -0.15) is 0 Å². The molecule has 1 aliphatic rings. The van der Waals surface area contributed by atoms with E-state index in [1.54, 1.807) is 13.0 Å². The molecule has 0 saturated carbocycles. The van der Waals surface area contributed by atoms with Crippen LogP contribution in [0.5, 0.6) is 0 Å². The highest BCUT2D eigenvalue weighted by Gasteiger charge is 2.40. The summed E-state index contributed by atoms with van der Waals surface area (Å²) in [7, 11) is -3.87. The van der Waals surface area contributed by atoms with E-state index in [0.717, 1.165) is 7.11 Å². The molecule has 2 rings (SSSR count). The normalized spacial score (nSPS) is 21.7. The van der Waals surface area contributed by atoms with Crippen LogP contribution in [0, 0.1) is 6.92 Å². The number of aryl methyl sites for hydroxylation is 1. The molecule has 1 unspecified atom stereocenters. The van der Waals surface area contributed by atoms with Crippen molar-refractivity contribution in [3.05, 3.63) is 44.8 Å². The van der Waals surface area contributed by atoms with Gasteiger partial charge in [-0.15, -0.1) is 0 Å². The summed E-state index contributed by atoms with van der Waals surface area (Å²) in [6.45, 7) is 1.54. The second kappa shape index (κ2) is 6.86. The summed E-state index contributed by atoms with van der Waals surface area (Å²) < 4.78 is 22.1. The summed E-state index contributed by atoms with van der Waals surface area (Å²) in [6.07, 6.45) is 3.84. The number of ether oxygens (including phenoxy) is 2. The quantitative estimate of drug-likeness (QED) is 0.358. The summed E-state index contributed by atoms with van der Waals surface area (Å²) in [5.41, 5.74) is -0.756. The number of rotatable bonds is 5. The predicted molar refractivity (Wildman–Crippen MR) is 81.6 cm³/mol. The van der Waals surface area contributed by atoms with Crippen molar-refractivity contribution in [1.82, 2.24) is 9.55 Å². The monoisotopic (exact) mass is 360 g/mol. The summed E-state index contributed by atoms with van der Waals surface area (Å²) in [6, 6.07) is -0.479. The number of hydrogen-bond donors (Lipinski definition) is 3. The van der Waals surface area contributed by atoms with Crippen molar-refractivity contribution >= 4 is 13.6 Å². The van der Waals surface area contributed by atoms with Crippen LogP contribution in [-0.2, 0) is 18.8 Å². The van der Waals surface area contributed by atoms with E-state index in [1.807, 2.05) is 0 Å². The first-order valence-corrected chi connectivity index (χ1v) is 8.60. The van der Waals surface area contributed by atoms with Gasteiger partial charge < -0.3 is 19.3 Å². The van der Waals surface area contributed by atoms with E-state index in [1.165, 1.54) is 16.8 Å². The molecular formula is C13H17N2O8P. The minimum atomic E-state index is -4.86. The molecule has 0 fully saturated rings. The molecule has 1 heterocycles. The molecule has 24 heavy (non-hydrogen) atoms. The lowest BCUT2D eigenvalue weighted by molar-refractivity contribution is -0.151. The van der Waals surface area contributed by atoms with Gasteiger partial charge >= 0.3 is 19.3 Å². The van der Waals surface area contributed by atoms with E-state index in [2.05, 4.69) is 9.72 Å². The number of nitrogens with one attached hydrogen (secondary N) is 1. The van der Waals surface area contributed by atoms with Gasteiger partial charge in [0.25, 0.3) is 11.4 Å². The third-order valence-electron chi connectivity index (χ3n) is 3.54. The first-order valence-electron chi connectivity index (χ1n) is 6.92. The summed E-state index contributed by atoms with van der Waals surface area (Å²) in [5.74, 6) is -3.22. The number of methoxy groups -OCH3 is 1. The molecule has 132 valence electrons. The fourth-order valence-corrected chi connectivity index (χ4v) is 3.02. The molecule has 0 aliphatic heterocycles. The van der Waals surface area contributed by atoms with Crippen LogP contribution in [0.1, 0.15) is 18.0 Å². The number of allylic oxidation sites excluding steroid dienone is 1. The third-order valence-corrected chi connectivity index (χ3v) is 4.48. The highest BCUT2D eigenvalue weighted by atomic mass is 31.2. The predicted octanol–water partition coefficient (Wildman–Crippen LogP) is -0.592. The van der Waals surface area contributed by atoms with Crippen LogP contribution in [0.4, 0.5) is 0 Å². The minimum Gasteiger partial charge on any atom is -0.467 e. The van der Waals surface area contributed by atoms with Crippen LogP contribution in [0.25, 0.3) is 0 Å². The molecule has 0 aromatic carbocycles. The van der Waals surface area contributed by atoms with Crippen molar-refractivity contribution in [3.8, 4) is 0 Å². The highest BCUT2D eigenvalue weighted by molar-refractivity contribution is 7.53. The van der Waals surface area contributed by atoms with Crippen LogP contribution in [-0.4, -0.2) is 44.4 Å². The number of aromatic nitrogens is 2. The zero-order chi connectivity index (χ0) is 18.1. The maximum absolute atomic E-state index is 11.9.